The highest BCUT2D eigenvalue weighted by Gasteiger charge is 2.25. The maximum atomic E-state index is 14.1. The van der Waals surface area contributed by atoms with E-state index < -0.39 is 23.8 Å². The lowest BCUT2D eigenvalue weighted by Gasteiger charge is -2.15. The third kappa shape index (κ3) is 3.15. The summed E-state index contributed by atoms with van der Waals surface area (Å²) in [5, 5.41) is 14.8. The molecule has 0 aliphatic carbocycles. The fraction of sp³-hybridized carbons (Fsp3) is 0.0400. The molecular formula is C25H16F2N2O3. The van der Waals surface area contributed by atoms with E-state index in [9.17, 15) is 18.8 Å². The molecule has 32 heavy (non-hydrogen) atoms. The molecule has 7 heteroatoms. The highest BCUT2D eigenvalue weighted by atomic mass is 19.1. The Morgan fingerprint density at radius 1 is 0.844 bits per heavy atom. The molecule has 0 spiro atoms. The van der Waals surface area contributed by atoms with E-state index in [1.165, 1.54) is 12.1 Å². The van der Waals surface area contributed by atoms with Gasteiger partial charge in [-0.2, -0.15) is 4.73 Å². The lowest BCUT2D eigenvalue weighted by molar-refractivity contribution is -0.566. The third-order valence-electron chi connectivity index (χ3n) is 5.35. The van der Waals surface area contributed by atoms with Crippen LogP contribution in [-0.4, -0.2) is 4.73 Å². The number of aromatic nitrogens is 2. The molecule has 5 aromatic rings. The van der Waals surface area contributed by atoms with E-state index in [1.807, 2.05) is 30.3 Å². The number of nitrogens with zero attached hydrogens (tertiary/aromatic N) is 2. The van der Waals surface area contributed by atoms with Crippen molar-refractivity contribution < 1.29 is 18.3 Å². The van der Waals surface area contributed by atoms with Gasteiger partial charge in [0.2, 0.25) is 5.52 Å². The minimum atomic E-state index is -0.786. The Bertz CT molecular complexity index is 1520. The Labute approximate surface area is 180 Å². The maximum Gasteiger partial charge on any atom is 0.357 e. The molecule has 1 heterocycles. The largest absolute Gasteiger partial charge is 0.618 e. The molecular weight excluding hydrogens is 414 g/mol. The predicted molar refractivity (Wildman–Crippen MR) is 117 cm³/mol. The number of hydrogen-bond acceptors (Lipinski definition) is 3. The summed E-state index contributed by atoms with van der Waals surface area (Å²) in [4.78, 5) is 19.1. The van der Waals surface area contributed by atoms with Crippen LogP contribution in [0.4, 0.5) is 8.78 Å². The van der Waals surface area contributed by atoms with E-state index in [0.29, 0.717) is 10.3 Å². The zero-order valence-electron chi connectivity index (χ0n) is 16.7. The molecule has 0 aliphatic rings. The molecule has 0 saturated carbocycles. The number of fused-ring (bicyclic) bond motifs is 2. The second-order valence-electron chi connectivity index (χ2n) is 7.23. The van der Waals surface area contributed by atoms with Crippen molar-refractivity contribution in [3.63, 3.8) is 0 Å². The number of para-hydroxylation sites is 2. The van der Waals surface area contributed by atoms with Crippen LogP contribution in [0.3, 0.4) is 0 Å². The second-order valence-corrected chi connectivity index (χ2v) is 7.23. The summed E-state index contributed by atoms with van der Waals surface area (Å²) in [6, 6.07) is 22.6. The molecule has 0 fully saturated rings. The van der Waals surface area contributed by atoms with Gasteiger partial charge in [0.05, 0.1) is 11.1 Å². The van der Waals surface area contributed by atoms with Gasteiger partial charge in [-0.05, 0) is 35.0 Å². The van der Waals surface area contributed by atoms with Gasteiger partial charge in [0.25, 0.3) is 5.69 Å². The van der Waals surface area contributed by atoms with Crippen molar-refractivity contribution in [1.82, 2.24) is 4.73 Å². The van der Waals surface area contributed by atoms with Gasteiger partial charge in [-0.3, -0.25) is 4.79 Å². The van der Waals surface area contributed by atoms with Gasteiger partial charge in [0.15, 0.2) is 5.52 Å². The van der Waals surface area contributed by atoms with Gasteiger partial charge in [0.1, 0.15) is 18.2 Å². The van der Waals surface area contributed by atoms with Crippen LogP contribution in [0.15, 0.2) is 89.7 Å². The average Bonchev–Trinajstić information content (AvgIpc) is 2.81. The number of rotatable bonds is 4. The topological polar surface area (TPSA) is 58.2 Å². The first kappa shape index (κ1) is 19.7. The quantitative estimate of drug-likeness (QED) is 0.314. The summed E-state index contributed by atoms with van der Waals surface area (Å²) in [5.74, 6) is -1.57. The fourth-order valence-corrected chi connectivity index (χ4v) is 3.80. The predicted octanol–water partition coefficient (Wildman–Crippen LogP) is 4.36. The van der Waals surface area contributed by atoms with E-state index in [0.717, 1.165) is 27.6 Å². The molecule has 0 aliphatic heterocycles. The average molecular weight is 430 g/mol. The van der Waals surface area contributed by atoms with Crippen LogP contribution in [0.5, 0.6) is 0 Å². The Morgan fingerprint density at radius 2 is 1.50 bits per heavy atom. The summed E-state index contributed by atoms with van der Waals surface area (Å²) in [7, 11) is 0. The van der Waals surface area contributed by atoms with Gasteiger partial charge in [-0.25, -0.2) is 8.78 Å². The smallest absolute Gasteiger partial charge is 0.357 e. The molecule has 0 amide bonds. The summed E-state index contributed by atoms with van der Waals surface area (Å²) in [6.07, 6.45) is 0. The van der Waals surface area contributed by atoms with Gasteiger partial charge in [0, 0.05) is 6.07 Å². The Balaban J connectivity index is 1.75. The van der Waals surface area contributed by atoms with Crippen molar-refractivity contribution in [2.45, 2.75) is 6.61 Å². The summed E-state index contributed by atoms with van der Waals surface area (Å²) in [5.41, 5.74) is -0.379. The van der Waals surface area contributed by atoms with Crippen molar-refractivity contribution in [3.8, 4) is 11.3 Å². The molecule has 0 unspecified atom stereocenters. The summed E-state index contributed by atoms with van der Waals surface area (Å²) in [6.45, 7) is -0.528. The number of hydrogen-bond donors (Lipinski definition) is 0. The normalized spacial score (nSPS) is 11.2. The molecule has 0 atom stereocenters. The number of benzene rings is 4. The molecule has 0 N–H and O–H groups in total. The van der Waals surface area contributed by atoms with E-state index in [-0.39, 0.29) is 22.3 Å². The van der Waals surface area contributed by atoms with Crippen LogP contribution in [0.25, 0.3) is 33.1 Å². The van der Waals surface area contributed by atoms with Crippen LogP contribution in [-0.2, 0) is 6.61 Å². The van der Waals surface area contributed by atoms with E-state index >= 15 is 0 Å². The molecule has 158 valence electrons. The number of halogens is 2. The summed E-state index contributed by atoms with van der Waals surface area (Å²) < 4.78 is 29.7. The van der Waals surface area contributed by atoms with Crippen LogP contribution < -0.4 is 15.1 Å². The molecule has 0 radical (unpaired) electrons. The third-order valence-corrected chi connectivity index (χ3v) is 5.35. The first-order chi connectivity index (χ1) is 15.6. The van der Waals surface area contributed by atoms with Crippen molar-refractivity contribution in [1.29, 1.82) is 0 Å². The fourth-order valence-electron chi connectivity index (χ4n) is 3.80. The van der Waals surface area contributed by atoms with E-state index in [1.54, 1.807) is 30.3 Å². The lowest BCUT2D eigenvalue weighted by Crippen LogP contribution is -2.43. The van der Waals surface area contributed by atoms with E-state index in [2.05, 4.69) is 0 Å². The van der Waals surface area contributed by atoms with Crippen molar-refractivity contribution >= 4 is 21.8 Å². The Kier molecular flexibility index (Phi) is 4.78. The molecule has 4 aromatic carbocycles. The van der Waals surface area contributed by atoms with Crippen LogP contribution in [0, 0.1) is 16.8 Å². The molecule has 1 aromatic heterocycles. The van der Waals surface area contributed by atoms with Gasteiger partial charge >= 0.3 is 5.56 Å². The Hall–Kier alpha value is -4.26. The minimum Gasteiger partial charge on any atom is -0.618 e. The van der Waals surface area contributed by atoms with Gasteiger partial charge in [-0.15, -0.1) is 4.73 Å². The van der Waals surface area contributed by atoms with Crippen LogP contribution in [0.2, 0.25) is 0 Å². The van der Waals surface area contributed by atoms with Crippen molar-refractivity contribution in [2.24, 2.45) is 0 Å². The van der Waals surface area contributed by atoms with E-state index in [4.69, 9.17) is 4.84 Å². The zero-order chi connectivity index (χ0) is 22.2. The molecule has 5 rings (SSSR count). The van der Waals surface area contributed by atoms with Gasteiger partial charge < -0.3 is 10.0 Å². The minimum absolute atomic E-state index is 0.144. The molecule has 5 nitrogen and oxygen atoms in total. The standard InChI is InChI=1S/C25H16F2N2O3/c26-20-11-6-12-21(27)19(20)15-32-29-23-14-4-3-13-22(23)28(31)24(25(29)30)18-10-5-8-16-7-1-2-9-17(16)18/h1-14H,15H2. The lowest BCUT2D eigenvalue weighted by atomic mass is 10.0. The SMILES string of the molecule is O=c1c(-c2cccc3ccccc23)[n+]([O-])c2ccccc2n1OCc1c(F)cccc1F. The first-order valence-corrected chi connectivity index (χ1v) is 9.88. The zero-order valence-corrected chi connectivity index (χ0v) is 16.7. The maximum absolute atomic E-state index is 14.1. The van der Waals surface area contributed by atoms with Crippen molar-refractivity contribution in [3.05, 3.63) is 118 Å². The van der Waals surface area contributed by atoms with Crippen LogP contribution in [0.1, 0.15) is 5.56 Å². The highest BCUT2D eigenvalue weighted by molar-refractivity contribution is 5.95. The highest BCUT2D eigenvalue weighted by Crippen LogP contribution is 2.25. The first-order valence-electron chi connectivity index (χ1n) is 9.88. The van der Waals surface area contributed by atoms with Gasteiger partial charge in [-0.1, -0.05) is 54.6 Å². The monoisotopic (exact) mass is 430 g/mol. The van der Waals surface area contributed by atoms with Crippen LogP contribution >= 0.6 is 0 Å². The van der Waals surface area contributed by atoms with Crippen molar-refractivity contribution in [2.75, 3.05) is 0 Å². The summed E-state index contributed by atoms with van der Waals surface area (Å²) >= 11 is 0. The molecule has 0 saturated heterocycles. The molecule has 0 bridgehead atoms. The second kappa shape index (κ2) is 7.77. The Morgan fingerprint density at radius 3 is 2.31 bits per heavy atom.